The molecule has 13 heavy (non-hydrogen) atoms. The van der Waals surface area contributed by atoms with E-state index < -0.39 is 0 Å². The van der Waals surface area contributed by atoms with Crippen LogP contribution in [0, 0.1) is 5.41 Å². The molecule has 78 valence electrons. The summed E-state index contributed by atoms with van der Waals surface area (Å²) < 4.78 is 0. The van der Waals surface area contributed by atoms with E-state index in [4.69, 9.17) is 0 Å². The molecule has 1 saturated heterocycles. The van der Waals surface area contributed by atoms with Crippen molar-refractivity contribution in [3.63, 3.8) is 0 Å². The van der Waals surface area contributed by atoms with E-state index in [2.05, 4.69) is 45.0 Å². The zero-order chi connectivity index (χ0) is 10.1. The van der Waals surface area contributed by atoms with Gasteiger partial charge in [0.1, 0.15) is 0 Å². The lowest BCUT2D eigenvalue weighted by molar-refractivity contribution is 0.0805. The van der Waals surface area contributed by atoms with Crippen LogP contribution < -0.4 is 5.32 Å². The molecule has 0 amide bonds. The van der Waals surface area contributed by atoms with Crippen LogP contribution in [-0.4, -0.2) is 37.1 Å². The molecule has 1 heterocycles. The lowest BCUT2D eigenvalue weighted by atomic mass is 9.78. The standard InChI is InChI=1S/C11H24N2/c1-10(2)8-11(3,4)13(5)7-6-12-9-10/h12H,6-9H2,1-5H3. The summed E-state index contributed by atoms with van der Waals surface area (Å²) in [6.45, 7) is 12.8. The fourth-order valence-electron chi connectivity index (χ4n) is 2.34. The van der Waals surface area contributed by atoms with Crippen LogP contribution in [0.4, 0.5) is 0 Å². The summed E-state index contributed by atoms with van der Waals surface area (Å²) in [5.74, 6) is 0. The molecule has 0 unspecified atom stereocenters. The Kier molecular flexibility index (Phi) is 3.03. The van der Waals surface area contributed by atoms with Crippen LogP contribution in [0.5, 0.6) is 0 Å². The van der Waals surface area contributed by atoms with Gasteiger partial charge in [0.25, 0.3) is 0 Å². The second-order valence-corrected chi connectivity index (χ2v) is 5.75. The van der Waals surface area contributed by atoms with Crippen LogP contribution in [0.25, 0.3) is 0 Å². The van der Waals surface area contributed by atoms with Crippen molar-refractivity contribution in [2.45, 2.75) is 39.7 Å². The smallest absolute Gasteiger partial charge is 0.0156 e. The minimum atomic E-state index is 0.339. The minimum Gasteiger partial charge on any atom is -0.315 e. The molecule has 1 aliphatic heterocycles. The van der Waals surface area contributed by atoms with Gasteiger partial charge in [-0.3, -0.25) is 4.90 Å². The Balaban J connectivity index is 2.70. The van der Waals surface area contributed by atoms with Crippen molar-refractivity contribution in [1.82, 2.24) is 10.2 Å². The third kappa shape index (κ3) is 2.96. The maximum Gasteiger partial charge on any atom is 0.0156 e. The van der Waals surface area contributed by atoms with Gasteiger partial charge in [-0.15, -0.1) is 0 Å². The monoisotopic (exact) mass is 184 g/mol. The molecular weight excluding hydrogens is 160 g/mol. The minimum absolute atomic E-state index is 0.339. The fraction of sp³-hybridized carbons (Fsp3) is 1.00. The third-order valence-electron chi connectivity index (χ3n) is 3.17. The summed E-state index contributed by atoms with van der Waals surface area (Å²) in [7, 11) is 2.23. The van der Waals surface area contributed by atoms with Gasteiger partial charge in [0.15, 0.2) is 0 Å². The average molecular weight is 184 g/mol. The largest absolute Gasteiger partial charge is 0.315 e. The molecule has 1 aliphatic rings. The van der Waals surface area contributed by atoms with Crippen LogP contribution in [-0.2, 0) is 0 Å². The SMILES string of the molecule is CN1CCNCC(C)(C)CC1(C)C. The number of nitrogens with zero attached hydrogens (tertiary/aromatic N) is 1. The third-order valence-corrected chi connectivity index (χ3v) is 3.17. The zero-order valence-corrected chi connectivity index (χ0v) is 9.78. The summed E-state index contributed by atoms with van der Waals surface area (Å²) in [5.41, 5.74) is 0.754. The first kappa shape index (κ1) is 11.0. The predicted octanol–water partition coefficient (Wildman–Crippen LogP) is 1.72. The molecule has 2 nitrogen and oxygen atoms in total. The van der Waals surface area contributed by atoms with Crippen LogP contribution in [0.2, 0.25) is 0 Å². The first-order valence-electron chi connectivity index (χ1n) is 5.25. The molecule has 1 rings (SSSR count). The highest BCUT2D eigenvalue weighted by atomic mass is 15.2. The van der Waals surface area contributed by atoms with Crippen molar-refractivity contribution in [2.24, 2.45) is 5.41 Å². The Labute approximate surface area is 82.7 Å². The van der Waals surface area contributed by atoms with Gasteiger partial charge in [-0.1, -0.05) is 13.8 Å². The highest BCUT2D eigenvalue weighted by molar-refractivity contribution is 4.89. The number of hydrogen-bond acceptors (Lipinski definition) is 2. The maximum atomic E-state index is 3.50. The van der Waals surface area contributed by atoms with Crippen LogP contribution in [0.1, 0.15) is 34.1 Å². The molecule has 2 heteroatoms. The number of rotatable bonds is 0. The molecule has 0 aromatic carbocycles. The molecule has 0 aliphatic carbocycles. The van der Waals surface area contributed by atoms with Gasteiger partial charge in [0.05, 0.1) is 0 Å². The zero-order valence-electron chi connectivity index (χ0n) is 9.78. The van der Waals surface area contributed by atoms with Crippen molar-refractivity contribution < 1.29 is 0 Å². The summed E-state index contributed by atoms with van der Waals surface area (Å²) in [5, 5.41) is 3.50. The van der Waals surface area contributed by atoms with Crippen LogP contribution in [0.3, 0.4) is 0 Å². The molecule has 0 atom stereocenters. The quantitative estimate of drug-likeness (QED) is 0.616. The van der Waals surface area contributed by atoms with Crippen molar-refractivity contribution >= 4 is 0 Å². The first-order chi connectivity index (χ1) is 5.83. The molecule has 0 spiro atoms. The topological polar surface area (TPSA) is 15.3 Å². The van der Waals surface area contributed by atoms with Crippen molar-refractivity contribution in [3.05, 3.63) is 0 Å². The van der Waals surface area contributed by atoms with E-state index in [1.807, 2.05) is 0 Å². The van der Waals surface area contributed by atoms with Crippen molar-refractivity contribution in [1.29, 1.82) is 0 Å². The fourth-order valence-corrected chi connectivity index (χ4v) is 2.34. The van der Waals surface area contributed by atoms with E-state index in [1.165, 1.54) is 6.42 Å². The molecular formula is C11H24N2. The van der Waals surface area contributed by atoms with Crippen molar-refractivity contribution in [2.75, 3.05) is 26.7 Å². The van der Waals surface area contributed by atoms with Crippen LogP contribution >= 0.6 is 0 Å². The van der Waals surface area contributed by atoms with Crippen LogP contribution in [0.15, 0.2) is 0 Å². The Morgan fingerprint density at radius 3 is 2.38 bits per heavy atom. The summed E-state index contributed by atoms with van der Waals surface area (Å²) in [6, 6.07) is 0. The molecule has 1 fully saturated rings. The van der Waals surface area contributed by atoms with Crippen molar-refractivity contribution in [3.8, 4) is 0 Å². The number of hydrogen-bond donors (Lipinski definition) is 1. The maximum absolute atomic E-state index is 3.50. The second kappa shape index (κ2) is 3.58. The molecule has 0 aromatic rings. The molecule has 0 radical (unpaired) electrons. The van der Waals surface area contributed by atoms with Gasteiger partial charge in [-0.25, -0.2) is 0 Å². The lowest BCUT2D eigenvalue weighted by Crippen LogP contribution is -2.51. The summed E-state index contributed by atoms with van der Waals surface area (Å²) in [4.78, 5) is 2.46. The summed E-state index contributed by atoms with van der Waals surface area (Å²) >= 11 is 0. The lowest BCUT2D eigenvalue weighted by Gasteiger charge is -2.43. The Morgan fingerprint density at radius 2 is 1.77 bits per heavy atom. The van der Waals surface area contributed by atoms with Gasteiger partial charge in [-0.2, -0.15) is 0 Å². The number of likely N-dealkylation sites (N-methyl/N-ethyl adjacent to an activating group) is 1. The van der Waals surface area contributed by atoms with E-state index in [0.717, 1.165) is 19.6 Å². The molecule has 0 bridgehead atoms. The molecule has 1 N–H and O–H groups in total. The highest BCUT2D eigenvalue weighted by Crippen LogP contribution is 2.31. The molecule has 0 aromatic heterocycles. The van der Waals surface area contributed by atoms with Gasteiger partial charge in [0.2, 0.25) is 0 Å². The van der Waals surface area contributed by atoms with Gasteiger partial charge < -0.3 is 5.32 Å². The Morgan fingerprint density at radius 1 is 1.15 bits per heavy atom. The first-order valence-corrected chi connectivity index (χ1v) is 5.25. The number of nitrogens with one attached hydrogen (secondary N) is 1. The van der Waals surface area contributed by atoms with Gasteiger partial charge in [0, 0.05) is 25.2 Å². The summed E-state index contributed by atoms with van der Waals surface area (Å²) in [6.07, 6.45) is 1.25. The van der Waals surface area contributed by atoms with E-state index in [9.17, 15) is 0 Å². The van der Waals surface area contributed by atoms with Gasteiger partial charge in [-0.05, 0) is 32.7 Å². The average Bonchev–Trinajstić information content (AvgIpc) is 1.94. The van der Waals surface area contributed by atoms with E-state index >= 15 is 0 Å². The van der Waals surface area contributed by atoms with E-state index in [-0.39, 0.29) is 0 Å². The predicted molar refractivity (Wildman–Crippen MR) is 58.0 cm³/mol. The highest BCUT2D eigenvalue weighted by Gasteiger charge is 2.32. The Hall–Kier alpha value is -0.0800. The Bertz CT molecular complexity index is 173. The normalized spacial score (nSPS) is 29.3. The van der Waals surface area contributed by atoms with E-state index in [1.54, 1.807) is 0 Å². The molecule has 0 saturated carbocycles. The van der Waals surface area contributed by atoms with E-state index in [0.29, 0.717) is 11.0 Å². The second-order valence-electron chi connectivity index (χ2n) is 5.75. The van der Waals surface area contributed by atoms with Gasteiger partial charge >= 0.3 is 0 Å².